The molecule has 4 rings (SSSR count). The highest BCUT2D eigenvalue weighted by molar-refractivity contribution is 6.23. The summed E-state index contributed by atoms with van der Waals surface area (Å²) in [4.78, 5) is 48.2. The fourth-order valence-corrected chi connectivity index (χ4v) is 4.19. The van der Waals surface area contributed by atoms with Crippen molar-refractivity contribution < 1.29 is 24.0 Å². The van der Waals surface area contributed by atoms with E-state index in [2.05, 4.69) is 0 Å². The molecule has 2 fully saturated rings. The molecule has 128 valence electrons. The number of nitro benzene ring substituents is 1. The van der Waals surface area contributed by atoms with Crippen molar-refractivity contribution in [1.29, 1.82) is 0 Å². The number of hydrogen-bond donors (Lipinski definition) is 0. The third-order valence-corrected chi connectivity index (χ3v) is 5.12. The highest BCUT2D eigenvalue weighted by Crippen LogP contribution is 2.53. The zero-order valence-corrected chi connectivity index (χ0v) is 13.2. The molecule has 1 heterocycles. The Balaban J connectivity index is 1.72. The highest BCUT2D eigenvalue weighted by Gasteiger charge is 2.59. The zero-order valence-electron chi connectivity index (χ0n) is 13.2. The number of carbonyl (C=O) groups excluding carboxylic acids is 3. The van der Waals surface area contributed by atoms with Crippen molar-refractivity contribution >= 4 is 29.2 Å². The summed E-state index contributed by atoms with van der Waals surface area (Å²) in [6.07, 6.45) is 4.77. The molecular formula is C17H14N2O6. The Morgan fingerprint density at radius 3 is 2.32 bits per heavy atom. The van der Waals surface area contributed by atoms with Crippen LogP contribution in [0.2, 0.25) is 0 Å². The topological polar surface area (TPSA) is 107 Å². The molecule has 1 saturated heterocycles. The number of hydrogen-bond acceptors (Lipinski definition) is 6. The predicted molar refractivity (Wildman–Crippen MR) is 84.6 cm³/mol. The quantitative estimate of drug-likeness (QED) is 0.207. The molecule has 8 heteroatoms. The van der Waals surface area contributed by atoms with Gasteiger partial charge in [0, 0.05) is 13.0 Å². The first kappa shape index (κ1) is 15.5. The number of amides is 2. The summed E-state index contributed by atoms with van der Waals surface area (Å²) in [5.41, 5.74) is -0.335. The van der Waals surface area contributed by atoms with Gasteiger partial charge in [0.15, 0.2) is 0 Å². The summed E-state index contributed by atoms with van der Waals surface area (Å²) in [5, 5.41) is 11.3. The molecule has 1 aliphatic heterocycles. The molecule has 2 amide bonds. The number of nitrogens with zero attached hydrogens (tertiary/aromatic N) is 2. The highest BCUT2D eigenvalue weighted by atomic mass is 16.6. The number of ether oxygens (including phenoxy) is 1. The minimum Gasteiger partial charge on any atom is -0.419 e. The lowest BCUT2D eigenvalue weighted by Crippen LogP contribution is -2.32. The maximum atomic E-state index is 12.7. The molecule has 0 aromatic heterocycles. The van der Waals surface area contributed by atoms with Gasteiger partial charge in [-0.05, 0) is 30.4 Å². The summed E-state index contributed by atoms with van der Waals surface area (Å²) < 4.78 is 4.82. The molecule has 0 N–H and O–H groups in total. The lowest BCUT2D eigenvalue weighted by Gasteiger charge is -2.17. The van der Waals surface area contributed by atoms with Crippen LogP contribution in [0.25, 0.3) is 0 Å². The lowest BCUT2D eigenvalue weighted by atomic mass is 9.85. The molecule has 2 bridgehead atoms. The van der Waals surface area contributed by atoms with Crippen LogP contribution in [0.3, 0.4) is 0 Å². The van der Waals surface area contributed by atoms with E-state index in [-0.39, 0.29) is 46.9 Å². The van der Waals surface area contributed by atoms with Gasteiger partial charge in [-0.25, -0.2) is 4.90 Å². The second-order valence-electron chi connectivity index (χ2n) is 6.51. The van der Waals surface area contributed by atoms with E-state index in [4.69, 9.17) is 4.74 Å². The van der Waals surface area contributed by atoms with Gasteiger partial charge < -0.3 is 4.74 Å². The van der Waals surface area contributed by atoms with Crippen LogP contribution in [0.1, 0.15) is 13.3 Å². The molecular weight excluding hydrogens is 328 g/mol. The van der Waals surface area contributed by atoms with Crippen LogP contribution in [0, 0.1) is 33.8 Å². The number of rotatable bonds is 3. The molecule has 0 spiro atoms. The average molecular weight is 342 g/mol. The predicted octanol–water partition coefficient (Wildman–Crippen LogP) is 1.83. The van der Waals surface area contributed by atoms with Crippen LogP contribution in [-0.2, 0) is 14.4 Å². The van der Waals surface area contributed by atoms with Crippen molar-refractivity contribution in [3.8, 4) is 5.75 Å². The average Bonchev–Trinajstić information content (AvgIpc) is 3.21. The smallest absolute Gasteiger partial charge is 0.313 e. The van der Waals surface area contributed by atoms with E-state index in [1.54, 1.807) is 0 Å². The fourth-order valence-electron chi connectivity index (χ4n) is 4.19. The van der Waals surface area contributed by atoms with Crippen LogP contribution in [-0.4, -0.2) is 22.7 Å². The van der Waals surface area contributed by atoms with E-state index in [0.29, 0.717) is 0 Å². The van der Waals surface area contributed by atoms with Crippen LogP contribution < -0.4 is 9.64 Å². The number of nitro groups is 1. The van der Waals surface area contributed by atoms with Gasteiger partial charge in [0.1, 0.15) is 0 Å². The Bertz CT molecular complexity index is 831. The second-order valence-corrected chi connectivity index (χ2v) is 6.51. The van der Waals surface area contributed by atoms with Gasteiger partial charge in [-0.2, -0.15) is 0 Å². The normalized spacial score (nSPS) is 29.2. The Kier molecular flexibility index (Phi) is 3.24. The van der Waals surface area contributed by atoms with Crippen molar-refractivity contribution in [3.63, 3.8) is 0 Å². The SMILES string of the molecule is CC(=O)Oc1ccc(N2C(=O)C3C4C=CC(C4)C3C2=O)cc1[N+](=O)[O-]. The first-order valence-corrected chi connectivity index (χ1v) is 7.91. The summed E-state index contributed by atoms with van der Waals surface area (Å²) >= 11 is 0. The van der Waals surface area contributed by atoms with Gasteiger partial charge in [-0.1, -0.05) is 12.2 Å². The van der Waals surface area contributed by atoms with E-state index >= 15 is 0 Å². The largest absolute Gasteiger partial charge is 0.419 e. The van der Waals surface area contributed by atoms with Crippen LogP contribution in [0.5, 0.6) is 5.75 Å². The van der Waals surface area contributed by atoms with Crippen molar-refractivity contribution in [2.45, 2.75) is 13.3 Å². The number of allylic oxidation sites excluding steroid dienone is 2. The molecule has 25 heavy (non-hydrogen) atoms. The zero-order chi connectivity index (χ0) is 17.9. The Morgan fingerprint density at radius 1 is 1.20 bits per heavy atom. The van der Waals surface area contributed by atoms with E-state index < -0.39 is 16.6 Å². The fraction of sp³-hybridized carbons (Fsp3) is 0.353. The summed E-state index contributed by atoms with van der Waals surface area (Å²) in [7, 11) is 0. The maximum absolute atomic E-state index is 12.7. The molecule has 2 aliphatic carbocycles. The van der Waals surface area contributed by atoms with E-state index in [9.17, 15) is 24.5 Å². The van der Waals surface area contributed by atoms with E-state index in [1.807, 2.05) is 12.2 Å². The molecule has 1 saturated carbocycles. The Labute approximate surface area is 142 Å². The van der Waals surface area contributed by atoms with Gasteiger partial charge >= 0.3 is 11.7 Å². The number of benzene rings is 1. The third-order valence-electron chi connectivity index (χ3n) is 5.12. The molecule has 3 aliphatic rings. The van der Waals surface area contributed by atoms with E-state index in [1.165, 1.54) is 12.1 Å². The summed E-state index contributed by atoms with van der Waals surface area (Å²) in [6.45, 7) is 1.13. The molecule has 8 nitrogen and oxygen atoms in total. The molecule has 0 radical (unpaired) electrons. The minimum atomic E-state index is -0.709. The number of anilines is 1. The Hall–Kier alpha value is -3.03. The number of carbonyl (C=O) groups is 3. The number of imide groups is 1. The van der Waals surface area contributed by atoms with Crippen LogP contribution in [0.15, 0.2) is 30.4 Å². The molecule has 4 unspecified atom stereocenters. The number of fused-ring (bicyclic) bond motifs is 5. The van der Waals surface area contributed by atoms with Crippen molar-refractivity contribution in [1.82, 2.24) is 0 Å². The second kappa shape index (κ2) is 5.23. The lowest BCUT2D eigenvalue weighted by molar-refractivity contribution is -0.385. The third kappa shape index (κ3) is 2.17. The maximum Gasteiger partial charge on any atom is 0.313 e. The van der Waals surface area contributed by atoms with E-state index in [0.717, 1.165) is 24.3 Å². The Morgan fingerprint density at radius 2 is 1.80 bits per heavy atom. The number of esters is 1. The van der Waals surface area contributed by atoms with Crippen molar-refractivity contribution in [3.05, 3.63) is 40.5 Å². The molecule has 1 aromatic rings. The first-order chi connectivity index (χ1) is 11.9. The summed E-state index contributed by atoms with van der Waals surface area (Å²) in [6, 6.07) is 3.72. The first-order valence-electron chi connectivity index (χ1n) is 7.91. The van der Waals surface area contributed by atoms with Crippen molar-refractivity contribution in [2.75, 3.05) is 4.90 Å². The van der Waals surface area contributed by atoms with Gasteiger partial charge in [0.2, 0.25) is 17.6 Å². The van der Waals surface area contributed by atoms with Crippen LogP contribution in [0.4, 0.5) is 11.4 Å². The van der Waals surface area contributed by atoms with Gasteiger partial charge in [-0.3, -0.25) is 24.5 Å². The van der Waals surface area contributed by atoms with Gasteiger partial charge in [0.05, 0.1) is 22.4 Å². The summed E-state index contributed by atoms with van der Waals surface area (Å²) in [5.74, 6) is -2.19. The monoisotopic (exact) mass is 342 g/mol. The van der Waals surface area contributed by atoms with Crippen LogP contribution >= 0.6 is 0 Å². The molecule has 1 aromatic carbocycles. The minimum absolute atomic E-state index is 0.0618. The van der Waals surface area contributed by atoms with Gasteiger partial charge in [0.25, 0.3) is 0 Å². The van der Waals surface area contributed by atoms with Crippen molar-refractivity contribution in [2.24, 2.45) is 23.7 Å². The van der Waals surface area contributed by atoms with Gasteiger partial charge in [-0.15, -0.1) is 0 Å². The molecule has 4 atom stereocenters. The standard InChI is InChI=1S/C17H14N2O6/c1-8(20)25-13-5-4-11(7-12(13)19(23)24)18-16(21)14-9-2-3-10(6-9)15(14)17(18)22/h2-5,7,9-10,14-15H,6H2,1H3.